The first-order chi connectivity index (χ1) is 11.1. The number of hydrogen-bond donors (Lipinski definition) is 2. The SMILES string of the molecule is CCc1ccc(NC(=O)C(CC)N(C)C2CCCCC2)cc1N. The van der Waals surface area contributed by atoms with Gasteiger partial charge < -0.3 is 11.1 Å². The average molecular weight is 317 g/mol. The summed E-state index contributed by atoms with van der Waals surface area (Å²) >= 11 is 0. The number of carbonyl (C=O) groups is 1. The molecule has 0 bridgehead atoms. The maximum Gasteiger partial charge on any atom is 0.241 e. The highest BCUT2D eigenvalue weighted by molar-refractivity contribution is 5.95. The summed E-state index contributed by atoms with van der Waals surface area (Å²) in [5.41, 5.74) is 8.69. The second-order valence-electron chi connectivity index (χ2n) is 6.64. The Balaban J connectivity index is 2.03. The second-order valence-corrected chi connectivity index (χ2v) is 6.64. The molecule has 0 heterocycles. The van der Waals surface area contributed by atoms with E-state index in [1.807, 2.05) is 18.2 Å². The van der Waals surface area contributed by atoms with Crippen molar-refractivity contribution in [3.8, 4) is 0 Å². The largest absolute Gasteiger partial charge is 0.398 e. The van der Waals surface area contributed by atoms with E-state index in [0.29, 0.717) is 6.04 Å². The van der Waals surface area contributed by atoms with Crippen LogP contribution in [-0.4, -0.2) is 29.9 Å². The van der Waals surface area contributed by atoms with E-state index in [1.54, 1.807) is 0 Å². The third-order valence-electron chi connectivity index (χ3n) is 5.13. The van der Waals surface area contributed by atoms with Crippen LogP contribution in [0.25, 0.3) is 0 Å². The molecule has 1 fully saturated rings. The van der Waals surface area contributed by atoms with Crippen molar-refractivity contribution in [3.63, 3.8) is 0 Å². The molecule has 1 aromatic carbocycles. The quantitative estimate of drug-likeness (QED) is 0.784. The van der Waals surface area contributed by atoms with Gasteiger partial charge in [-0.05, 0) is 50.4 Å². The van der Waals surface area contributed by atoms with Crippen molar-refractivity contribution in [2.75, 3.05) is 18.1 Å². The van der Waals surface area contributed by atoms with Crippen LogP contribution in [0, 0.1) is 0 Å². The van der Waals surface area contributed by atoms with E-state index in [4.69, 9.17) is 5.73 Å². The molecular formula is C19H31N3O. The molecule has 1 saturated carbocycles. The van der Waals surface area contributed by atoms with Crippen LogP contribution in [0.1, 0.15) is 57.9 Å². The minimum Gasteiger partial charge on any atom is -0.398 e. The van der Waals surface area contributed by atoms with E-state index in [1.165, 1.54) is 32.1 Å². The van der Waals surface area contributed by atoms with Gasteiger partial charge in [-0.25, -0.2) is 0 Å². The molecule has 4 heteroatoms. The van der Waals surface area contributed by atoms with Crippen molar-refractivity contribution in [2.24, 2.45) is 0 Å². The Labute approximate surface area is 140 Å². The van der Waals surface area contributed by atoms with Gasteiger partial charge in [0.25, 0.3) is 0 Å². The monoisotopic (exact) mass is 317 g/mol. The van der Waals surface area contributed by atoms with Crippen LogP contribution >= 0.6 is 0 Å². The summed E-state index contributed by atoms with van der Waals surface area (Å²) in [6, 6.07) is 6.26. The number of nitrogens with zero attached hydrogens (tertiary/aromatic N) is 1. The lowest BCUT2D eigenvalue weighted by Crippen LogP contribution is -2.47. The summed E-state index contributed by atoms with van der Waals surface area (Å²) in [6.07, 6.45) is 8.03. The number of hydrogen-bond acceptors (Lipinski definition) is 3. The number of aryl methyl sites for hydroxylation is 1. The van der Waals surface area contributed by atoms with Gasteiger partial charge in [-0.3, -0.25) is 9.69 Å². The van der Waals surface area contributed by atoms with Gasteiger partial charge in [0.15, 0.2) is 0 Å². The first kappa shape index (κ1) is 17.8. The minimum atomic E-state index is -0.0785. The van der Waals surface area contributed by atoms with Crippen LogP contribution in [0.15, 0.2) is 18.2 Å². The number of likely N-dealkylation sites (N-methyl/N-ethyl adjacent to an activating group) is 1. The molecule has 2 rings (SSSR count). The highest BCUT2D eigenvalue weighted by Gasteiger charge is 2.28. The molecule has 0 radical (unpaired) electrons. The number of nitrogen functional groups attached to an aromatic ring is 1. The van der Waals surface area contributed by atoms with E-state index in [2.05, 4.69) is 31.1 Å². The lowest BCUT2D eigenvalue weighted by atomic mass is 9.93. The fourth-order valence-electron chi connectivity index (χ4n) is 3.62. The molecule has 1 aliphatic rings. The van der Waals surface area contributed by atoms with E-state index >= 15 is 0 Å². The summed E-state index contributed by atoms with van der Waals surface area (Å²) in [5.74, 6) is 0.0734. The lowest BCUT2D eigenvalue weighted by Gasteiger charge is -2.36. The van der Waals surface area contributed by atoms with E-state index in [0.717, 1.165) is 29.8 Å². The molecule has 3 N–H and O–H groups in total. The summed E-state index contributed by atoms with van der Waals surface area (Å²) in [4.78, 5) is 15.0. The molecule has 1 unspecified atom stereocenters. The van der Waals surface area contributed by atoms with Crippen molar-refractivity contribution in [3.05, 3.63) is 23.8 Å². The lowest BCUT2D eigenvalue weighted by molar-refractivity contribution is -0.122. The first-order valence-electron chi connectivity index (χ1n) is 8.98. The molecule has 128 valence electrons. The van der Waals surface area contributed by atoms with E-state index in [-0.39, 0.29) is 11.9 Å². The van der Waals surface area contributed by atoms with Gasteiger partial charge in [0.2, 0.25) is 5.91 Å². The fourth-order valence-corrected chi connectivity index (χ4v) is 3.62. The van der Waals surface area contributed by atoms with Gasteiger partial charge in [-0.2, -0.15) is 0 Å². The number of carbonyl (C=O) groups excluding carboxylic acids is 1. The average Bonchev–Trinajstić information content (AvgIpc) is 2.56. The Morgan fingerprint density at radius 3 is 2.57 bits per heavy atom. The van der Waals surface area contributed by atoms with E-state index in [9.17, 15) is 4.79 Å². The van der Waals surface area contributed by atoms with Crippen LogP contribution in [0.3, 0.4) is 0 Å². The molecule has 1 amide bonds. The highest BCUT2D eigenvalue weighted by Crippen LogP contribution is 2.25. The number of nitrogens with one attached hydrogen (secondary N) is 1. The number of nitrogens with two attached hydrogens (primary N) is 1. The molecule has 1 aromatic rings. The molecule has 23 heavy (non-hydrogen) atoms. The van der Waals surface area contributed by atoms with Gasteiger partial charge in [-0.15, -0.1) is 0 Å². The molecule has 0 saturated heterocycles. The van der Waals surface area contributed by atoms with E-state index < -0.39 is 0 Å². The third kappa shape index (κ3) is 4.47. The number of anilines is 2. The van der Waals surface area contributed by atoms with Gasteiger partial charge in [0, 0.05) is 17.4 Å². The minimum absolute atomic E-state index is 0.0734. The Morgan fingerprint density at radius 1 is 1.30 bits per heavy atom. The van der Waals surface area contributed by atoms with Crippen molar-refractivity contribution in [2.45, 2.75) is 70.9 Å². The number of rotatable bonds is 6. The van der Waals surface area contributed by atoms with Crippen LogP contribution in [0.5, 0.6) is 0 Å². The summed E-state index contributed by atoms with van der Waals surface area (Å²) in [5, 5.41) is 3.04. The van der Waals surface area contributed by atoms with Gasteiger partial charge >= 0.3 is 0 Å². The zero-order valence-corrected chi connectivity index (χ0v) is 14.8. The zero-order chi connectivity index (χ0) is 16.8. The normalized spacial score (nSPS) is 17.2. The molecule has 0 spiro atoms. The summed E-state index contributed by atoms with van der Waals surface area (Å²) < 4.78 is 0. The van der Waals surface area contributed by atoms with Crippen molar-refractivity contribution in [1.29, 1.82) is 0 Å². The maximum atomic E-state index is 12.7. The van der Waals surface area contributed by atoms with Crippen LogP contribution in [0.4, 0.5) is 11.4 Å². The van der Waals surface area contributed by atoms with Crippen molar-refractivity contribution >= 4 is 17.3 Å². The summed E-state index contributed by atoms with van der Waals surface area (Å²) in [6.45, 7) is 4.16. The third-order valence-corrected chi connectivity index (χ3v) is 5.13. The molecule has 0 aliphatic heterocycles. The Kier molecular flexibility index (Phi) is 6.46. The maximum absolute atomic E-state index is 12.7. The first-order valence-corrected chi connectivity index (χ1v) is 8.98. The van der Waals surface area contributed by atoms with Gasteiger partial charge in [0.1, 0.15) is 0 Å². The second kappa shape index (κ2) is 8.34. The Hall–Kier alpha value is -1.55. The highest BCUT2D eigenvalue weighted by atomic mass is 16.2. The van der Waals surface area contributed by atoms with Crippen LogP contribution < -0.4 is 11.1 Å². The predicted octanol–water partition coefficient (Wildman–Crippen LogP) is 3.81. The molecule has 4 nitrogen and oxygen atoms in total. The smallest absolute Gasteiger partial charge is 0.241 e. The van der Waals surface area contributed by atoms with Gasteiger partial charge in [-0.1, -0.05) is 39.2 Å². The molecule has 1 atom stereocenters. The zero-order valence-electron chi connectivity index (χ0n) is 14.8. The fraction of sp³-hybridized carbons (Fsp3) is 0.632. The molecule has 0 aromatic heterocycles. The molecular weight excluding hydrogens is 286 g/mol. The van der Waals surface area contributed by atoms with Gasteiger partial charge in [0.05, 0.1) is 6.04 Å². The standard InChI is InChI=1S/C19H31N3O/c1-4-14-11-12-15(13-17(14)20)21-19(23)18(5-2)22(3)16-9-7-6-8-10-16/h11-13,16,18H,4-10,20H2,1-3H3,(H,21,23). The Morgan fingerprint density at radius 2 is 2.00 bits per heavy atom. The predicted molar refractivity (Wildman–Crippen MR) is 97.6 cm³/mol. The topological polar surface area (TPSA) is 58.4 Å². The summed E-state index contributed by atoms with van der Waals surface area (Å²) in [7, 11) is 2.10. The van der Waals surface area contributed by atoms with Crippen molar-refractivity contribution in [1.82, 2.24) is 4.90 Å². The number of amides is 1. The molecule has 1 aliphatic carbocycles. The van der Waals surface area contributed by atoms with Crippen LogP contribution in [0.2, 0.25) is 0 Å². The Bertz CT molecular complexity index is 523. The van der Waals surface area contributed by atoms with Crippen LogP contribution in [-0.2, 0) is 11.2 Å². The number of benzene rings is 1. The van der Waals surface area contributed by atoms with Crippen molar-refractivity contribution < 1.29 is 4.79 Å².